The predicted molar refractivity (Wildman–Crippen MR) is 95.8 cm³/mol. The molecule has 4 nitrogen and oxygen atoms in total. The minimum Gasteiger partial charge on any atom is -0.380 e. The SMILES string of the molecule is CCOC[C@@]1(C#N)[C@H](c2ccc(F)cc2)[C@@H]1S(=O)(=O)c1ccc(C)cc1. The lowest BCUT2D eigenvalue weighted by Gasteiger charge is -2.10. The molecule has 0 aliphatic heterocycles. The number of nitrogens with zero attached hydrogens (tertiary/aromatic N) is 1. The molecule has 1 aliphatic carbocycles. The van der Waals surface area contributed by atoms with E-state index in [0.29, 0.717) is 12.2 Å². The standard InChI is InChI=1S/C20H20FNO3S/c1-3-25-13-20(12-22)18(15-6-8-16(21)9-7-15)19(20)26(23,24)17-10-4-14(2)5-11-17/h4-11,18-19H,3,13H2,1-2H3/t18-,19+,20+/m1/s1. The zero-order valence-electron chi connectivity index (χ0n) is 14.6. The zero-order chi connectivity index (χ0) is 18.9. The van der Waals surface area contributed by atoms with Crippen molar-refractivity contribution in [3.63, 3.8) is 0 Å². The molecule has 0 aromatic heterocycles. The second kappa shape index (κ2) is 6.82. The van der Waals surface area contributed by atoms with Crippen LogP contribution in [0, 0.1) is 29.5 Å². The van der Waals surface area contributed by atoms with E-state index in [4.69, 9.17) is 4.74 Å². The number of sulfone groups is 1. The van der Waals surface area contributed by atoms with E-state index in [0.717, 1.165) is 5.56 Å². The summed E-state index contributed by atoms with van der Waals surface area (Å²) in [5.41, 5.74) is 0.418. The summed E-state index contributed by atoms with van der Waals surface area (Å²) >= 11 is 0. The fourth-order valence-electron chi connectivity index (χ4n) is 3.49. The Hall–Kier alpha value is -2.23. The van der Waals surface area contributed by atoms with E-state index >= 15 is 0 Å². The normalized spacial score (nSPS) is 24.8. The van der Waals surface area contributed by atoms with Crippen LogP contribution in [0.5, 0.6) is 0 Å². The number of nitriles is 1. The van der Waals surface area contributed by atoms with E-state index in [1.807, 2.05) is 6.92 Å². The molecule has 0 spiro atoms. The molecule has 0 radical (unpaired) electrons. The summed E-state index contributed by atoms with van der Waals surface area (Å²) < 4.78 is 45.1. The Labute approximate surface area is 153 Å². The first-order chi connectivity index (χ1) is 12.4. The van der Waals surface area contributed by atoms with Crippen LogP contribution in [0.15, 0.2) is 53.4 Å². The minimum atomic E-state index is -3.74. The highest BCUT2D eigenvalue weighted by Gasteiger charge is 2.72. The molecule has 0 unspecified atom stereocenters. The first-order valence-electron chi connectivity index (χ1n) is 8.42. The van der Waals surface area contributed by atoms with Crippen molar-refractivity contribution in [2.75, 3.05) is 13.2 Å². The molecular weight excluding hydrogens is 353 g/mol. The summed E-state index contributed by atoms with van der Waals surface area (Å²) in [4.78, 5) is 0.189. The van der Waals surface area contributed by atoms with Gasteiger partial charge in [-0.15, -0.1) is 0 Å². The highest BCUT2D eigenvalue weighted by molar-refractivity contribution is 7.92. The molecule has 2 aromatic rings. The van der Waals surface area contributed by atoms with Gasteiger partial charge in [-0.3, -0.25) is 0 Å². The smallest absolute Gasteiger partial charge is 0.183 e. The van der Waals surface area contributed by atoms with Gasteiger partial charge in [-0.1, -0.05) is 29.8 Å². The van der Waals surface area contributed by atoms with Gasteiger partial charge in [0, 0.05) is 12.5 Å². The van der Waals surface area contributed by atoms with Gasteiger partial charge in [0.1, 0.15) is 11.2 Å². The average Bonchev–Trinajstić information content (AvgIpc) is 3.31. The topological polar surface area (TPSA) is 67.2 Å². The number of hydrogen-bond donors (Lipinski definition) is 0. The second-order valence-corrected chi connectivity index (χ2v) is 8.67. The lowest BCUT2D eigenvalue weighted by Crippen LogP contribution is -2.19. The Kier molecular flexibility index (Phi) is 4.87. The number of halogens is 1. The lowest BCUT2D eigenvalue weighted by atomic mass is 10.0. The van der Waals surface area contributed by atoms with E-state index in [9.17, 15) is 18.1 Å². The van der Waals surface area contributed by atoms with Gasteiger partial charge in [-0.2, -0.15) is 5.26 Å². The molecule has 6 heteroatoms. The third kappa shape index (κ3) is 3.02. The maximum atomic E-state index is 13.3. The molecule has 1 aliphatic rings. The van der Waals surface area contributed by atoms with Crippen LogP contribution in [0.25, 0.3) is 0 Å². The molecule has 0 bridgehead atoms. The van der Waals surface area contributed by atoms with Crippen molar-refractivity contribution in [1.29, 1.82) is 5.26 Å². The largest absolute Gasteiger partial charge is 0.380 e. The zero-order valence-corrected chi connectivity index (χ0v) is 15.5. The number of benzene rings is 2. The van der Waals surface area contributed by atoms with Crippen molar-refractivity contribution in [3.8, 4) is 6.07 Å². The Balaban J connectivity index is 2.05. The second-order valence-electron chi connectivity index (χ2n) is 6.60. The van der Waals surface area contributed by atoms with Crippen molar-refractivity contribution < 1.29 is 17.5 Å². The number of aryl methyl sites for hydroxylation is 1. The molecule has 26 heavy (non-hydrogen) atoms. The fraction of sp³-hybridized carbons (Fsp3) is 0.350. The molecule has 0 N–H and O–H groups in total. The van der Waals surface area contributed by atoms with Crippen molar-refractivity contribution in [2.45, 2.75) is 29.9 Å². The first-order valence-corrected chi connectivity index (χ1v) is 9.96. The highest BCUT2D eigenvalue weighted by Crippen LogP contribution is 2.63. The quantitative estimate of drug-likeness (QED) is 0.776. The third-order valence-corrected chi connectivity index (χ3v) is 7.21. The number of hydrogen-bond acceptors (Lipinski definition) is 4. The maximum absolute atomic E-state index is 13.3. The van der Waals surface area contributed by atoms with Crippen molar-refractivity contribution in [1.82, 2.24) is 0 Å². The molecule has 0 heterocycles. The number of rotatable bonds is 6. The van der Waals surface area contributed by atoms with Gasteiger partial charge in [0.05, 0.1) is 22.8 Å². The van der Waals surface area contributed by atoms with E-state index < -0.39 is 32.2 Å². The Morgan fingerprint density at radius 3 is 2.31 bits per heavy atom. The average molecular weight is 373 g/mol. The summed E-state index contributed by atoms with van der Waals surface area (Å²) in [7, 11) is -3.74. The van der Waals surface area contributed by atoms with Crippen molar-refractivity contribution >= 4 is 9.84 Å². The van der Waals surface area contributed by atoms with Crippen LogP contribution in [0.1, 0.15) is 24.0 Å². The van der Waals surface area contributed by atoms with Gasteiger partial charge in [0.25, 0.3) is 0 Å². The van der Waals surface area contributed by atoms with Crippen LogP contribution >= 0.6 is 0 Å². The van der Waals surface area contributed by atoms with Gasteiger partial charge in [0.15, 0.2) is 9.84 Å². The molecule has 1 saturated carbocycles. The van der Waals surface area contributed by atoms with Crippen LogP contribution in [-0.4, -0.2) is 26.9 Å². The van der Waals surface area contributed by atoms with Crippen molar-refractivity contribution in [2.24, 2.45) is 5.41 Å². The highest BCUT2D eigenvalue weighted by atomic mass is 32.2. The Morgan fingerprint density at radius 2 is 1.77 bits per heavy atom. The first kappa shape index (κ1) is 18.6. The molecule has 2 aromatic carbocycles. The summed E-state index contributed by atoms with van der Waals surface area (Å²) in [5, 5.41) is 8.91. The predicted octanol–water partition coefficient (Wildman–Crippen LogP) is 3.62. The van der Waals surface area contributed by atoms with E-state index in [1.165, 1.54) is 12.1 Å². The van der Waals surface area contributed by atoms with Crippen LogP contribution in [0.3, 0.4) is 0 Å². The van der Waals surface area contributed by atoms with Crippen LogP contribution < -0.4 is 0 Å². The van der Waals surface area contributed by atoms with Crippen LogP contribution in [0.2, 0.25) is 0 Å². The lowest BCUT2D eigenvalue weighted by molar-refractivity contribution is 0.117. The van der Waals surface area contributed by atoms with Gasteiger partial charge in [-0.05, 0) is 43.7 Å². The third-order valence-electron chi connectivity index (χ3n) is 4.92. The molecule has 3 rings (SSSR count). The Morgan fingerprint density at radius 1 is 1.15 bits per heavy atom. The summed E-state index contributed by atoms with van der Waals surface area (Å²) in [6, 6.07) is 14.4. The number of ether oxygens (including phenoxy) is 1. The monoisotopic (exact) mass is 373 g/mol. The van der Waals surface area contributed by atoms with Gasteiger partial charge in [-0.25, -0.2) is 12.8 Å². The fourth-order valence-corrected chi connectivity index (χ4v) is 5.80. The molecule has 3 atom stereocenters. The summed E-state index contributed by atoms with van der Waals surface area (Å²) in [5.74, 6) is -0.953. The molecule has 1 fully saturated rings. The minimum absolute atomic E-state index is 0.0256. The van der Waals surface area contributed by atoms with Crippen LogP contribution in [-0.2, 0) is 14.6 Å². The summed E-state index contributed by atoms with van der Waals surface area (Å²) in [6.07, 6.45) is 0. The van der Waals surface area contributed by atoms with Crippen LogP contribution in [0.4, 0.5) is 4.39 Å². The van der Waals surface area contributed by atoms with Gasteiger partial charge < -0.3 is 4.74 Å². The van der Waals surface area contributed by atoms with Gasteiger partial charge >= 0.3 is 0 Å². The molecule has 136 valence electrons. The van der Waals surface area contributed by atoms with E-state index in [2.05, 4.69) is 6.07 Å². The van der Waals surface area contributed by atoms with E-state index in [-0.39, 0.29) is 11.5 Å². The summed E-state index contributed by atoms with van der Waals surface area (Å²) in [6.45, 7) is 4.09. The maximum Gasteiger partial charge on any atom is 0.183 e. The van der Waals surface area contributed by atoms with Crippen molar-refractivity contribution in [3.05, 3.63) is 65.5 Å². The molecule has 0 saturated heterocycles. The Bertz CT molecular complexity index is 933. The molecule has 0 amide bonds. The van der Waals surface area contributed by atoms with Gasteiger partial charge in [0.2, 0.25) is 0 Å². The molecular formula is C20H20FNO3S. The van der Waals surface area contributed by atoms with E-state index in [1.54, 1.807) is 43.3 Å².